The quantitative estimate of drug-likeness (QED) is 0.523. The van der Waals surface area contributed by atoms with Crippen LogP contribution in [-0.2, 0) is 37.1 Å². The molecule has 6 heteroatoms. The van der Waals surface area contributed by atoms with Gasteiger partial charge in [0.05, 0.1) is 0 Å². The van der Waals surface area contributed by atoms with Crippen LogP contribution < -0.4 is 5.32 Å². The average Bonchev–Trinajstić information content (AvgIpc) is 2.69. The summed E-state index contributed by atoms with van der Waals surface area (Å²) in [6.45, 7) is 0.277. The molecule has 6 nitrogen and oxygen atoms in total. The zero-order valence-corrected chi connectivity index (χ0v) is 14.3. The van der Waals surface area contributed by atoms with Crippen LogP contribution in [0.3, 0.4) is 0 Å². The molecule has 0 spiro atoms. The lowest BCUT2D eigenvalue weighted by Gasteiger charge is -2.15. The van der Waals surface area contributed by atoms with Crippen molar-refractivity contribution in [3.8, 4) is 0 Å². The van der Waals surface area contributed by atoms with Gasteiger partial charge < -0.3 is 14.8 Å². The summed E-state index contributed by atoms with van der Waals surface area (Å²) in [6, 6.07) is 17.6. The highest BCUT2D eigenvalue weighted by Gasteiger charge is 2.21. The topological polar surface area (TPSA) is 81.7 Å². The number of esters is 2. The smallest absolute Gasteiger partial charge is 0.328 e. The molecule has 136 valence electrons. The minimum absolute atomic E-state index is 0.00121. The lowest BCUT2D eigenvalue weighted by molar-refractivity contribution is -0.149. The fraction of sp³-hybridized carbons (Fsp3) is 0.250. The molecule has 0 heterocycles. The number of amides is 1. The summed E-state index contributed by atoms with van der Waals surface area (Å²) in [5.74, 6) is -1.03. The molecule has 0 bridgehead atoms. The summed E-state index contributed by atoms with van der Waals surface area (Å²) in [4.78, 5) is 34.7. The van der Waals surface area contributed by atoms with Gasteiger partial charge in [-0.1, -0.05) is 60.7 Å². The van der Waals surface area contributed by atoms with Gasteiger partial charge in [0.2, 0.25) is 6.41 Å². The number of ether oxygens (including phenoxy) is 2. The number of hydrogen-bond acceptors (Lipinski definition) is 5. The van der Waals surface area contributed by atoms with E-state index in [-0.39, 0.29) is 26.1 Å². The minimum atomic E-state index is -0.888. The van der Waals surface area contributed by atoms with E-state index >= 15 is 0 Å². The van der Waals surface area contributed by atoms with Gasteiger partial charge in [-0.05, 0) is 17.5 Å². The van der Waals surface area contributed by atoms with Crippen molar-refractivity contribution in [2.45, 2.75) is 32.1 Å². The van der Waals surface area contributed by atoms with Crippen LogP contribution in [0.25, 0.3) is 0 Å². The van der Waals surface area contributed by atoms with Crippen LogP contribution in [0.1, 0.15) is 24.0 Å². The Hall–Kier alpha value is -3.15. The monoisotopic (exact) mass is 355 g/mol. The molecular formula is C20H21NO5. The van der Waals surface area contributed by atoms with Crippen LogP contribution in [0.15, 0.2) is 60.7 Å². The minimum Gasteiger partial charge on any atom is -0.461 e. The van der Waals surface area contributed by atoms with E-state index in [1.54, 1.807) is 0 Å². The maximum atomic E-state index is 12.1. The molecule has 1 amide bonds. The van der Waals surface area contributed by atoms with Crippen LogP contribution in [0.4, 0.5) is 0 Å². The van der Waals surface area contributed by atoms with Crippen molar-refractivity contribution in [2.75, 3.05) is 0 Å². The van der Waals surface area contributed by atoms with Gasteiger partial charge in [0, 0.05) is 6.42 Å². The zero-order chi connectivity index (χ0) is 18.6. The van der Waals surface area contributed by atoms with Gasteiger partial charge in [-0.3, -0.25) is 9.59 Å². The lowest BCUT2D eigenvalue weighted by atomic mass is 10.1. The Kier molecular flexibility index (Phi) is 7.86. The largest absolute Gasteiger partial charge is 0.461 e. The van der Waals surface area contributed by atoms with E-state index < -0.39 is 18.0 Å². The van der Waals surface area contributed by atoms with Crippen molar-refractivity contribution in [1.82, 2.24) is 5.32 Å². The maximum Gasteiger partial charge on any atom is 0.328 e. The fourth-order valence-corrected chi connectivity index (χ4v) is 2.25. The molecule has 2 aromatic carbocycles. The summed E-state index contributed by atoms with van der Waals surface area (Å²) in [5, 5.41) is 2.38. The SMILES string of the molecule is O=CNC(CCC(=O)OCc1ccccc1)C(=O)OCc1ccccc1. The van der Waals surface area contributed by atoms with E-state index in [1.165, 1.54) is 0 Å². The number of carbonyl (C=O) groups is 3. The predicted octanol–water partition coefficient (Wildman–Crippen LogP) is 2.37. The van der Waals surface area contributed by atoms with Crippen LogP contribution in [0.5, 0.6) is 0 Å². The number of carbonyl (C=O) groups excluding carboxylic acids is 3. The summed E-state index contributed by atoms with van der Waals surface area (Å²) in [7, 11) is 0. The average molecular weight is 355 g/mol. The van der Waals surface area contributed by atoms with E-state index in [9.17, 15) is 14.4 Å². The Morgan fingerprint density at radius 2 is 1.42 bits per heavy atom. The van der Waals surface area contributed by atoms with E-state index in [1.807, 2.05) is 60.7 Å². The molecule has 2 aromatic rings. The fourth-order valence-electron chi connectivity index (χ4n) is 2.25. The molecular weight excluding hydrogens is 334 g/mol. The molecule has 0 radical (unpaired) electrons. The Morgan fingerprint density at radius 1 is 0.885 bits per heavy atom. The van der Waals surface area contributed by atoms with E-state index in [0.29, 0.717) is 6.41 Å². The molecule has 0 aliphatic rings. The van der Waals surface area contributed by atoms with Crippen molar-refractivity contribution < 1.29 is 23.9 Å². The van der Waals surface area contributed by atoms with Crippen molar-refractivity contribution >= 4 is 18.3 Å². The summed E-state index contributed by atoms with van der Waals surface area (Å²) >= 11 is 0. The van der Waals surface area contributed by atoms with E-state index in [2.05, 4.69) is 5.32 Å². The molecule has 0 saturated heterocycles. The van der Waals surface area contributed by atoms with Crippen molar-refractivity contribution in [3.63, 3.8) is 0 Å². The summed E-state index contributed by atoms with van der Waals surface area (Å²) in [5.41, 5.74) is 1.72. The third kappa shape index (κ3) is 6.76. The summed E-state index contributed by atoms with van der Waals surface area (Å²) in [6.07, 6.45) is 0.530. The van der Waals surface area contributed by atoms with E-state index in [0.717, 1.165) is 11.1 Å². The molecule has 1 unspecified atom stereocenters. The van der Waals surface area contributed by atoms with Gasteiger partial charge in [0.1, 0.15) is 19.3 Å². The molecule has 1 N–H and O–H groups in total. The Morgan fingerprint density at radius 3 is 1.96 bits per heavy atom. The predicted molar refractivity (Wildman–Crippen MR) is 94.7 cm³/mol. The summed E-state index contributed by atoms with van der Waals surface area (Å²) < 4.78 is 10.4. The molecule has 1 atom stereocenters. The highest BCUT2D eigenvalue weighted by Crippen LogP contribution is 2.07. The van der Waals surface area contributed by atoms with Crippen molar-refractivity contribution in [2.24, 2.45) is 0 Å². The first kappa shape index (κ1) is 19.2. The number of benzene rings is 2. The lowest BCUT2D eigenvalue weighted by Crippen LogP contribution is -2.37. The first-order chi connectivity index (χ1) is 12.7. The molecule has 0 fully saturated rings. The highest BCUT2D eigenvalue weighted by atomic mass is 16.5. The van der Waals surface area contributed by atoms with Crippen LogP contribution >= 0.6 is 0 Å². The van der Waals surface area contributed by atoms with Gasteiger partial charge in [-0.2, -0.15) is 0 Å². The Labute approximate surface area is 152 Å². The second kappa shape index (κ2) is 10.7. The van der Waals surface area contributed by atoms with Crippen molar-refractivity contribution in [1.29, 1.82) is 0 Å². The molecule has 0 aliphatic heterocycles. The van der Waals surface area contributed by atoms with E-state index in [4.69, 9.17) is 9.47 Å². The first-order valence-corrected chi connectivity index (χ1v) is 8.29. The van der Waals surface area contributed by atoms with Crippen LogP contribution in [0.2, 0.25) is 0 Å². The van der Waals surface area contributed by atoms with Gasteiger partial charge in [-0.25, -0.2) is 4.79 Å². The second-order valence-electron chi connectivity index (χ2n) is 5.62. The van der Waals surface area contributed by atoms with Gasteiger partial charge >= 0.3 is 11.9 Å². The zero-order valence-electron chi connectivity index (χ0n) is 14.3. The van der Waals surface area contributed by atoms with Gasteiger partial charge in [0.15, 0.2) is 0 Å². The molecule has 0 saturated carbocycles. The molecule has 0 aromatic heterocycles. The van der Waals surface area contributed by atoms with Crippen LogP contribution in [0, 0.1) is 0 Å². The third-order valence-corrected chi connectivity index (χ3v) is 3.66. The standard InChI is InChI=1S/C20H21NO5/c22-15-21-18(20(24)26-14-17-9-5-2-6-10-17)11-12-19(23)25-13-16-7-3-1-4-8-16/h1-10,15,18H,11-14H2,(H,21,22). The molecule has 26 heavy (non-hydrogen) atoms. The number of rotatable bonds is 10. The maximum absolute atomic E-state index is 12.1. The number of hydrogen-bond donors (Lipinski definition) is 1. The number of nitrogens with one attached hydrogen (secondary N) is 1. The normalized spacial score (nSPS) is 11.2. The second-order valence-corrected chi connectivity index (χ2v) is 5.62. The molecule has 0 aliphatic carbocycles. The van der Waals surface area contributed by atoms with Crippen LogP contribution in [-0.4, -0.2) is 24.4 Å². The first-order valence-electron chi connectivity index (χ1n) is 8.29. The van der Waals surface area contributed by atoms with Gasteiger partial charge in [0.25, 0.3) is 0 Å². The Balaban J connectivity index is 1.76. The van der Waals surface area contributed by atoms with Gasteiger partial charge in [-0.15, -0.1) is 0 Å². The van der Waals surface area contributed by atoms with Crippen molar-refractivity contribution in [3.05, 3.63) is 71.8 Å². The third-order valence-electron chi connectivity index (χ3n) is 3.66. The molecule has 2 rings (SSSR count). The highest BCUT2D eigenvalue weighted by molar-refractivity contribution is 5.79. The Bertz CT molecular complexity index is 703.